The van der Waals surface area contributed by atoms with Crippen LogP contribution in [0.25, 0.3) is 10.9 Å². The number of nitrogens with one attached hydrogen (secondary N) is 1. The highest BCUT2D eigenvalue weighted by atomic mass is 79.9. The number of carboxylic acids is 1. The number of fused-ring (bicyclic) bond motifs is 1. The van der Waals surface area contributed by atoms with Gasteiger partial charge in [-0.15, -0.1) is 0 Å². The Kier molecular flexibility index (Phi) is 2.86. The first-order chi connectivity index (χ1) is 7.49. The maximum Gasteiger partial charge on any atom is 0.336 e. The summed E-state index contributed by atoms with van der Waals surface area (Å²) < 4.78 is 1.37. The highest BCUT2D eigenvalue weighted by Crippen LogP contribution is 2.28. The van der Waals surface area contributed by atoms with E-state index in [2.05, 4.69) is 36.8 Å². The molecule has 2 N–H and O–H groups in total. The second kappa shape index (κ2) is 4.03. The Bertz CT molecular complexity index is 648. The smallest absolute Gasteiger partial charge is 0.336 e. The predicted molar refractivity (Wildman–Crippen MR) is 66.9 cm³/mol. The van der Waals surface area contributed by atoms with E-state index in [-0.39, 0.29) is 5.56 Å². The molecule has 0 atom stereocenters. The summed E-state index contributed by atoms with van der Waals surface area (Å²) in [5.74, 6) is -1.12. The fraction of sp³-hybridized carbons (Fsp3) is 0. The lowest BCUT2D eigenvalue weighted by Crippen LogP contribution is -2.10. The van der Waals surface area contributed by atoms with Gasteiger partial charge in [0, 0.05) is 20.4 Å². The van der Waals surface area contributed by atoms with Crippen LogP contribution in [0.2, 0.25) is 0 Å². The highest BCUT2D eigenvalue weighted by Gasteiger charge is 2.12. The summed E-state index contributed by atoms with van der Waals surface area (Å²) in [6, 6.07) is 4.47. The molecular weight excluding hydrogens is 342 g/mol. The van der Waals surface area contributed by atoms with Crippen molar-refractivity contribution in [3.8, 4) is 0 Å². The standard InChI is InChI=1S/C10H5Br2NO3/c11-4-1-5-6(10(15)16)3-8(14)13-9(5)7(12)2-4/h1-3H,(H,13,14)(H,15,16). The van der Waals surface area contributed by atoms with Crippen molar-refractivity contribution >= 4 is 48.7 Å². The molecule has 16 heavy (non-hydrogen) atoms. The van der Waals surface area contributed by atoms with Crippen molar-refractivity contribution in [2.45, 2.75) is 0 Å². The number of aromatic carboxylic acids is 1. The summed E-state index contributed by atoms with van der Waals surface area (Å²) in [4.78, 5) is 24.9. The van der Waals surface area contributed by atoms with Gasteiger partial charge >= 0.3 is 5.97 Å². The van der Waals surface area contributed by atoms with Crippen LogP contribution in [0.3, 0.4) is 0 Å². The van der Waals surface area contributed by atoms with Crippen LogP contribution in [0.4, 0.5) is 0 Å². The molecule has 2 rings (SSSR count). The normalized spacial score (nSPS) is 10.6. The van der Waals surface area contributed by atoms with Gasteiger partial charge in [-0.2, -0.15) is 0 Å². The average molecular weight is 347 g/mol. The molecule has 0 unspecified atom stereocenters. The SMILES string of the molecule is O=C(O)c1cc(=O)[nH]c2c(Br)cc(Br)cc12. The molecule has 1 aromatic heterocycles. The van der Waals surface area contributed by atoms with Crippen LogP contribution >= 0.6 is 31.9 Å². The molecule has 0 saturated carbocycles. The summed E-state index contributed by atoms with van der Waals surface area (Å²) in [7, 11) is 0. The summed E-state index contributed by atoms with van der Waals surface area (Å²) in [5.41, 5.74) is 0.0294. The molecule has 0 saturated heterocycles. The fourth-order valence-electron chi connectivity index (χ4n) is 1.46. The Morgan fingerprint density at radius 2 is 1.94 bits per heavy atom. The van der Waals surface area contributed by atoms with Crippen molar-refractivity contribution in [1.82, 2.24) is 4.98 Å². The first-order valence-corrected chi connectivity index (χ1v) is 5.83. The van der Waals surface area contributed by atoms with Gasteiger partial charge in [-0.25, -0.2) is 4.79 Å². The van der Waals surface area contributed by atoms with Crippen LogP contribution < -0.4 is 5.56 Å². The van der Waals surface area contributed by atoms with Crippen molar-refractivity contribution in [3.05, 3.63) is 43.1 Å². The minimum Gasteiger partial charge on any atom is -0.478 e. The molecule has 82 valence electrons. The van der Waals surface area contributed by atoms with E-state index in [9.17, 15) is 9.59 Å². The number of aromatic amines is 1. The van der Waals surface area contributed by atoms with E-state index >= 15 is 0 Å². The highest BCUT2D eigenvalue weighted by molar-refractivity contribution is 9.11. The fourth-order valence-corrected chi connectivity index (χ4v) is 2.78. The molecule has 6 heteroatoms. The lowest BCUT2D eigenvalue weighted by atomic mass is 10.1. The largest absolute Gasteiger partial charge is 0.478 e. The zero-order chi connectivity index (χ0) is 11.9. The van der Waals surface area contributed by atoms with Gasteiger partial charge in [0.15, 0.2) is 0 Å². The van der Waals surface area contributed by atoms with Crippen LogP contribution in [-0.2, 0) is 0 Å². The first-order valence-electron chi connectivity index (χ1n) is 4.24. The molecular formula is C10H5Br2NO3. The average Bonchev–Trinajstić information content (AvgIpc) is 2.18. The Morgan fingerprint density at radius 3 is 2.56 bits per heavy atom. The van der Waals surface area contributed by atoms with Gasteiger partial charge in [0.05, 0.1) is 11.1 Å². The van der Waals surface area contributed by atoms with Gasteiger partial charge in [-0.3, -0.25) is 4.79 Å². The van der Waals surface area contributed by atoms with Crippen LogP contribution in [-0.4, -0.2) is 16.1 Å². The van der Waals surface area contributed by atoms with Crippen molar-refractivity contribution in [3.63, 3.8) is 0 Å². The van der Waals surface area contributed by atoms with Gasteiger partial charge in [0.2, 0.25) is 5.56 Å². The number of hydrogen-bond acceptors (Lipinski definition) is 2. The summed E-state index contributed by atoms with van der Waals surface area (Å²) in [6.07, 6.45) is 0. The van der Waals surface area contributed by atoms with Gasteiger partial charge < -0.3 is 10.1 Å². The maximum atomic E-state index is 11.3. The van der Waals surface area contributed by atoms with E-state index in [4.69, 9.17) is 5.11 Å². The molecule has 1 heterocycles. The summed E-state index contributed by atoms with van der Waals surface area (Å²) in [6.45, 7) is 0. The number of pyridine rings is 1. The molecule has 0 aliphatic rings. The number of aromatic nitrogens is 1. The number of halogens is 2. The lowest BCUT2D eigenvalue weighted by molar-refractivity contribution is 0.0699. The van der Waals surface area contributed by atoms with Crippen LogP contribution in [0.5, 0.6) is 0 Å². The minimum atomic E-state index is -1.12. The molecule has 0 aliphatic carbocycles. The van der Waals surface area contributed by atoms with Gasteiger partial charge in [0.1, 0.15) is 0 Å². The van der Waals surface area contributed by atoms with Crippen molar-refractivity contribution < 1.29 is 9.90 Å². The van der Waals surface area contributed by atoms with E-state index in [1.807, 2.05) is 0 Å². The third-order valence-corrected chi connectivity index (χ3v) is 3.18. The van der Waals surface area contributed by atoms with E-state index in [0.29, 0.717) is 15.4 Å². The third-order valence-electron chi connectivity index (χ3n) is 2.10. The van der Waals surface area contributed by atoms with Crippen molar-refractivity contribution in [2.24, 2.45) is 0 Å². The first kappa shape index (κ1) is 11.3. The molecule has 2 aromatic rings. The summed E-state index contributed by atoms with van der Waals surface area (Å²) >= 11 is 6.54. The summed E-state index contributed by atoms with van der Waals surface area (Å²) in [5, 5.41) is 9.49. The number of carbonyl (C=O) groups is 1. The zero-order valence-corrected chi connectivity index (χ0v) is 10.9. The van der Waals surface area contributed by atoms with Crippen LogP contribution in [0.1, 0.15) is 10.4 Å². The number of hydrogen-bond donors (Lipinski definition) is 2. The molecule has 0 bridgehead atoms. The molecule has 0 fully saturated rings. The lowest BCUT2D eigenvalue weighted by Gasteiger charge is -2.04. The number of benzene rings is 1. The Labute approximate surface area is 107 Å². The van der Waals surface area contributed by atoms with E-state index < -0.39 is 11.5 Å². The van der Waals surface area contributed by atoms with Gasteiger partial charge in [0.25, 0.3) is 0 Å². The van der Waals surface area contributed by atoms with Gasteiger partial charge in [-0.05, 0) is 28.1 Å². The minimum absolute atomic E-state index is 0.0132. The quantitative estimate of drug-likeness (QED) is 0.834. The van der Waals surface area contributed by atoms with Crippen molar-refractivity contribution in [1.29, 1.82) is 0 Å². The van der Waals surface area contributed by atoms with Gasteiger partial charge in [-0.1, -0.05) is 15.9 Å². The number of H-pyrrole nitrogens is 1. The predicted octanol–water partition coefficient (Wildman–Crippen LogP) is 2.75. The molecule has 1 aromatic carbocycles. The second-order valence-corrected chi connectivity index (χ2v) is 4.93. The topological polar surface area (TPSA) is 70.2 Å². The zero-order valence-electron chi connectivity index (χ0n) is 7.75. The molecule has 0 amide bonds. The third kappa shape index (κ3) is 1.90. The van der Waals surface area contributed by atoms with Crippen LogP contribution in [0, 0.1) is 0 Å². The number of rotatable bonds is 1. The van der Waals surface area contributed by atoms with E-state index in [1.54, 1.807) is 12.1 Å². The maximum absolute atomic E-state index is 11.3. The molecule has 0 aliphatic heterocycles. The van der Waals surface area contributed by atoms with Crippen LogP contribution in [0.15, 0.2) is 31.9 Å². The van der Waals surface area contributed by atoms with E-state index in [0.717, 1.165) is 10.5 Å². The monoisotopic (exact) mass is 345 g/mol. The Hall–Kier alpha value is -1.14. The molecule has 0 radical (unpaired) electrons. The Morgan fingerprint density at radius 1 is 1.25 bits per heavy atom. The molecule has 4 nitrogen and oxygen atoms in total. The second-order valence-electron chi connectivity index (χ2n) is 3.16. The Balaban J connectivity index is 3.01. The number of carboxylic acid groups (broad SMARTS) is 1. The van der Waals surface area contributed by atoms with Crippen molar-refractivity contribution in [2.75, 3.05) is 0 Å². The van der Waals surface area contributed by atoms with E-state index in [1.165, 1.54) is 0 Å². The molecule has 0 spiro atoms.